The summed E-state index contributed by atoms with van der Waals surface area (Å²) in [4.78, 5) is 28.3. The van der Waals surface area contributed by atoms with E-state index < -0.39 is 28.5 Å². The molecule has 11 heteroatoms. The van der Waals surface area contributed by atoms with Crippen molar-refractivity contribution in [3.05, 3.63) is 88.4 Å². The molecular formula is C29H33Cl2N3O5S. The highest BCUT2D eigenvalue weighted by atomic mass is 35.5. The lowest BCUT2D eigenvalue weighted by molar-refractivity contribution is -0.140. The first kappa shape index (κ1) is 31.3. The van der Waals surface area contributed by atoms with Crippen LogP contribution in [0.15, 0.2) is 77.7 Å². The number of likely N-dealkylation sites (N-methyl/N-ethyl adjacent to an activating group) is 1. The lowest BCUT2D eigenvalue weighted by Crippen LogP contribution is -2.52. The van der Waals surface area contributed by atoms with Crippen LogP contribution in [0.3, 0.4) is 0 Å². The second-order valence-corrected chi connectivity index (χ2v) is 11.5. The van der Waals surface area contributed by atoms with Crippen LogP contribution in [0.1, 0.15) is 32.8 Å². The summed E-state index contributed by atoms with van der Waals surface area (Å²) >= 11 is 12.3. The fraction of sp³-hybridized carbons (Fsp3) is 0.310. The normalized spacial score (nSPS) is 11.9. The average Bonchev–Trinajstić information content (AvgIpc) is 2.94. The number of hydrogen-bond acceptors (Lipinski definition) is 5. The Balaban J connectivity index is 2.03. The van der Waals surface area contributed by atoms with Gasteiger partial charge in [0.05, 0.1) is 27.2 Å². The molecule has 3 aromatic carbocycles. The van der Waals surface area contributed by atoms with Crippen molar-refractivity contribution >= 4 is 50.7 Å². The summed E-state index contributed by atoms with van der Waals surface area (Å²) in [5.41, 5.74) is 0.955. The zero-order valence-corrected chi connectivity index (χ0v) is 25.0. The molecule has 3 rings (SSSR count). The number of rotatable bonds is 13. The number of halogens is 2. The molecule has 0 aliphatic rings. The highest BCUT2D eigenvalue weighted by Gasteiger charge is 2.33. The van der Waals surface area contributed by atoms with E-state index in [-0.39, 0.29) is 17.3 Å². The van der Waals surface area contributed by atoms with Gasteiger partial charge in [-0.15, -0.1) is 0 Å². The molecule has 0 bridgehead atoms. The maximum atomic E-state index is 14.0. The molecule has 0 radical (unpaired) electrons. The Bertz CT molecular complexity index is 1400. The van der Waals surface area contributed by atoms with Crippen LogP contribution in [0.25, 0.3) is 0 Å². The first-order chi connectivity index (χ1) is 19.1. The molecule has 0 aliphatic carbocycles. The monoisotopic (exact) mass is 605 g/mol. The largest absolute Gasteiger partial charge is 0.494 e. The number of benzene rings is 3. The number of para-hydroxylation sites is 1. The van der Waals surface area contributed by atoms with Gasteiger partial charge >= 0.3 is 0 Å². The van der Waals surface area contributed by atoms with Gasteiger partial charge in [0, 0.05) is 13.1 Å². The zero-order chi connectivity index (χ0) is 29.3. The van der Waals surface area contributed by atoms with E-state index in [0.717, 1.165) is 4.31 Å². The minimum atomic E-state index is -4.17. The van der Waals surface area contributed by atoms with Gasteiger partial charge in [-0.2, -0.15) is 0 Å². The number of hydrogen-bond donors (Lipinski definition) is 1. The highest BCUT2D eigenvalue weighted by molar-refractivity contribution is 7.92. The van der Waals surface area contributed by atoms with E-state index >= 15 is 0 Å². The molecule has 0 aromatic heterocycles. The van der Waals surface area contributed by atoms with E-state index in [2.05, 4.69) is 5.32 Å². The predicted octanol–water partition coefficient (Wildman–Crippen LogP) is 5.53. The van der Waals surface area contributed by atoms with Crippen molar-refractivity contribution in [2.24, 2.45) is 0 Å². The van der Waals surface area contributed by atoms with Crippen molar-refractivity contribution in [1.29, 1.82) is 0 Å². The molecule has 0 saturated carbocycles. The fourth-order valence-corrected chi connectivity index (χ4v) is 5.91. The molecule has 214 valence electrons. The van der Waals surface area contributed by atoms with Crippen LogP contribution in [0, 0.1) is 0 Å². The van der Waals surface area contributed by atoms with Crippen LogP contribution < -0.4 is 14.4 Å². The maximum Gasteiger partial charge on any atom is 0.264 e. The molecule has 0 spiro atoms. The third-order valence-corrected chi connectivity index (χ3v) is 8.65. The Kier molecular flexibility index (Phi) is 11.2. The molecule has 3 aromatic rings. The topological polar surface area (TPSA) is 96.0 Å². The molecule has 0 heterocycles. The molecule has 0 fully saturated rings. The first-order valence-corrected chi connectivity index (χ1v) is 15.1. The third-order valence-electron chi connectivity index (χ3n) is 6.12. The number of nitrogens with zero attached hydrogens (tertiary/aromatic N) is 2. The quantitative estimate of drug-likeness (QED) is 0.276. The van der Waals surface area contributed by atoms with Gasteiger partial charge in [0.1, 0.15) is 18.3 Å². The Hall–Kier alpha value is -3.27. The summed E-state index contributed by atoms with van der Waals surface area (Å²) < 4.78 is 34.3. The van der Waals surface area contributed by atoms with E-state index in [9.17, 15) is 18.0 Å². The molecule has 1 N–H and O–H groups in total. The van der Waals surface area contributed by atoms with Crippen LogP contribution in [-0.4, -0.2) is 50.9 Å². The summed E-state index contributed by atoms with van der Waals surface area (Å²) in [6, 6.07) is 18.5. The van der Waals surface area contributed by atoms with Gasteiger partial charge in [0.15, 0.2) is 0 Å². The van der Waals surface area contributed by atoms with Crippen LogP contribution in [-0.2, 0) is 26.2 Å². The number of nitrogens with one attached hydrogen (secondary N) is 1. The van der Waals surface area contributed by atoms with Crippen molar-refractivity contribution < 1.29 is 22.7 Å². The van der Waals surface area contributed by atoms with Crippen molar-refractivity contribution in [3.8, 4) is 5.75 Å². The molecule has 0 saturated heterocycles. The summed E-state index contributed by atoms with van der Waals surface area (Å²) in [7, 11) is -4.17. The number of carbonyl (C=O) groups is 2. The standard InChI is InChI=1S/C29H33Cl2N3O5S/c1-4-27(29(36)32-5-2)33(19-21-12-17-25(30)26(31)18-21)28(35)20-34(22-10-8-7-9-11-22)40(37,38)24-15-13-23(14-16-24)39-6-3/h7-18,27H,4-6,19-20H2,1-3H3,(H,32,36)/t27-/m1/s1. The van der Waals surface area contributed by atoms with Crippen molar-refractivity contribution in [2.75, 3.05) is 24.0 Å². The van der Waals surface area contributed by atoms with Gasteiger partial charge < -0.3 is 15.0 Å². The molecule has 0 unspecified atom stereocenters. The van der Waals surface area contributed by atoms with Gasteiger partial charge in [-0.3, -0.25) is 13.9 Å². The van der Waals surface area contributed by atoms with E-state index in [1.165, 1.54) is 17.0 Å². The van der Waals surface area contributed by atoms with E-state index in [1.54, 1.807) is 74.5 Å². The third kappa shape index (κ3) is 7.68. The number of carbonyl (C=O) groups excluding carboxylic acids is 2. The van der Waals surface area contributed by atoms with Crippen LogP contribution in [0.2, 0.25) is 10.0 Å². The summed E-state index contributed by atoms with van der Waals surface area (Å²) in [5, 5.41) is 3.44. The predicted molar refractivity (Wildman–Crippen MR) is 158 cm³/mol. The molecule has 8 nitrogen and oxygen atoms in total. The molecule has 0 aliphatic heterocycles. The number of sulfonamides is 1. The smallest absolute Gasteiger partial charge is 0.264 e. The van der Waals surface area contributed by atoms with Crippen LogP contribution >= 0.6 is 23.2 Å². The minimum absolute atomic E-state index is 0.000549. The molecule has 2 amide bonds. The van der Waals surface area contributed by atoms with Gasteiger partial charge in [0.25, 0.3) is 10.0 Å². The number of amides is 2. The second kappa shape index (κ2) is 14.4. The highest BCUT2D eigenvalue weighted by Crippen LogP contribution is 2.27. The maximum absolute atomic E-state index is 14.0. The molecular weight excluding hydrogens is 573 g/mol. The van der Waals surface area contributed by atoms with Gasteiger partial charge in [0.2, 0.25) is 11.8 Å². The van der Waals surface area contributed by atoms with Crippen molar-refractivity contribution in [1.82, 2.24) is 10.2 Å². The SMILES string of the molecule is CCNC(=O)[C@@H](CC)N(Cc1ccc(Cl)c(Cl)c1)C(=O)CN(c1ccccc1)S(=O)(=O)c1ccc(OCC)cc1. The Labute approximate surface area is 245 Å². The fourth-order valence-electron chi connectivity index (χ4n) is 4.17. The van der Waals surface area contributed by atoms with E-state index in [1.807, 2.05) is 6.92 Å². The van der Waals surface area contributed by atoms with Gasteiger partial charge in [-0.25, -0.2) is 8.42 Å². The summed E-state index contributed by atoms with van der Waals surface area (Å²) in [6.45, 7) is 5.73. The van der Waals surface area contributed by atoms with Gasteiger partial charge in [-0.05, 0) is 74.4 Å². The number of ether oxygens (including phenoxy) is 1. The Morgan fingerprint density at radius 2 is 1.60 bits per heavy atom. The van der Waals surface area contributed by atoms with Crippen molar-refractivity contribution in [2.45, 2.75) is 44.7 Å². The Morgan fingerprint density at radius 1 is 0.925 bits per heavy atom. The first-order valence-electron chi connectivity index (χ1n) is 12.9. The van der Waals surface area contributed by atoms with Crippen LogP contribution in [0.5, 0.6) is 5.75 Å². The van der Waals surface area contributed by atoms with Crippen molar-refractivity contribution in [3.63, 3.8) is 0 Å². The Morgan fingerprint density at radius 3 is 2.17 bits per heavy atom. The summed E-state index contributed by atoms with van der Waals surface area (Å²) in [6.07, 6.45) is 0.315. The lowest BCUT2D eigenvalue weighted by Gasteiger charge is -2.33. The molecule has 1 atom stereocenters. The summed E-state index contributed by atoms with van der Waals surface area (Å²) in [5.74, 6) is -0.356. The molecule has 40 heavy (non-hydrogen) atoms. The number of anilines is 1. The zero-order valence-electron chi connectivity index (χ0n) is 22.6. The minimum Gasteiger partial charge on any atom is -0.494 e. The van der Waals surface area contributed by atoms with Gasteiger partial charge in [-0.1, -0.05) is 54.4 Å². The second-order valence-electron chi connectivity index (χ2n) is 8.84. The average molecular weight is 607 g/mol. The van der Waals surface area contributed by atoms with E-state index in [4.69, 9.17) is 27.9 Å². The van der Waals surface area contributed by atoms with Crippen LogP contribution in [0.4, 0.5) is 5.69 Å². The van der Waals surface area contributed by atoms with E-state index in [0.29, 0.717) is 46.6 Å². The lowest BCUT2D eigenvalue weighted by atomic mass is 10.1.